The molecule has 0 N–H and O–H groups in total. The Morgan fingerprint density at radius 2 is 1.92 bits per heavy atom. The fourth-order valence-corrected chi connectivity index (χ4v) is 4.22. The van der Waals surface area contributed by atoms with E-state index in [1.165, 1.54) is 6.42 Å². The van der Waals surface area contributed by atoms with Crippen LogP contribution in [0.4, 0.5) is 0 Å². The Hall–Kier alpha value is -1.16. The van der Waals surface area contributed by atoms with Crippen molar-refractivity contribution in [1.82, 2.24) is 14.7 Å². The number of amides is 1. The Bertz CT molecular complexity index is 490. The van der Waals surface area contributed by atoms with E-state index < -0.39 is 0 Å². The topological polar surface area (TPSA) is 59.8 Å². The lowest BCUT2D eigenvalue weighted by atomic mass is 9.75. The summed E-state index contributed by atoms with van der Waals surface area (Å²) in [6.45, 7) is 10.2. The minimum Gasteiger partial charge on any atom is -0.378 e. The van der Waals surface area contributed by atoms with Crippen molar-refractivity contribution in [3.05, 3.63) is 0 Å². The number of hydrogen-bond acceptors (Lipinski definition) is 5. The molecule has 0 aromatic heterocycles. The molecule has 3 fully saturated rings. The first-order valence-corrected chi connectivity index (χ1v) is 9.30. The van der Waals surface area contributed by atoms with E-state index >= 15 is 0 Å². The quantitative estimate of drug-likeness (QED) is 0.766. The van der Waals surface area contributed by atoms with Crippen LogP contribution in [0.1, 0.15) is 33.1 Å². The Labute approximate surface area is 145 Å². The number of carbonyl (C=O) groups excluding carboxylic acids is 1. The van der Waals surface area contributed by atoms with E-state index in [1.807, 2.05) is 4.90 Å². The van der Waals surface area contributed by atoms with Crippen molar-refractivity contribution in [3.63, 3.8) is 0 Å². The number of ether oxygens (including phenoxy) is 1. The molecule has 0 aromatic rings. The maximum atomic E-state index is 12.7. The molecule has 0 aromatic carbocycles. The fourth-order valence-electron chi connectivity index (χ4n) is 4.22. The predicted molar refractivity (Wildman–Crippen MR) is 91.4 cm³/mol. The van der Waals surface area contributed by atoms with Gasteiger partial charge in [0.05, 0.1) is 25.8 Å². The first kappa shape index (κ1) is 17.7. The summed E-state index contributed by atoms with van der Waals surface area (Å²) in [4.78, 5) is 19.3. The summed E-state index contributed by atoms with van der Waals surface area (Å²) >= 11 is 0. The van der Waals surface area contributed by atoms with E-state index in [2.05, 4.69) is 29.7 Å². The van der Waals surface area contributed by atoms with Gasteiger partial charge in [-0.05, 0) is 25.2 Å². The summed E-state index contributed by atoms with van der Waals surface area (Å²) < 4.78 is 5.66. The average Bonchev–Trinajstić information content (AvgIpc) is 2.55. The van der Waals surface area contributed by atoms with Gasteiger partial charge in [-0.3, -0.25) is 14.6 Å². The molecule has 3 rings (SSSR count). The van der Waals surface area contributed by atoms with Gasteiger partial charge in [-0.1, -0.05) is 13.8 Å². The maximum Gasteiger partial charge on any atom is 0.236 e. The predicted octanol–water partition coefficient (Wildman–Crippen LogP) is 0.934. The smallest absolute Gasteiger partial charge is 0.236 e. The van der Waals surface area contributed by atoms with Crippen molar-refractivity contribution in [1.29, 1.82) is 5.26 Å². The zero-order valence-electron chi connectivity index (χ0n) is 15.0. The number of hydrogen-bond donors (Lipinski definition) is 0. The van der Waals surface area contributed by atoms with Crippen molar-refractivity contribution in [2.24, 2.45) is 5.92 Å². The fraction of sp³-hybridized carbons (Fsp3) is 0.889. The van der Waals surface area contributed by atoms with Gasteiger partial charge in [-0.25, -0.2) is 0 Å². The van der Waals surface area contributed by atoms with Crippen LogP contribution in [0.2, 0.25) is 0 Å². The molecule has 2 saturated heterocycles. The number of nitriles is 1. The van der Waals surface area contributed by atoms with Crippen LogP contribution < -0.4 is 0 Å². The van der Waals surface area contributed by atoms with Gasteiger partial charge in [-0.2, -0.15) is 5.26 Å². The first-order chi connectivity index (χ1) is 11.6. The van der Waals surface area contributed by atoms with Gasteiger partial charge in [-0.15, -0.1) is 0 Å². The highest BCUT2D eigenvalue weighted by Gasteiger charge is 2.45. The molecule has 3 aliphatic rings. The zero-order chi connectivity index (χ0) is 17.2. The molecular weight excluding hydrogens is 304 g/mol. The van der Waals surface area contributed by atoms with Gasteiger partial charge in [0.15, 0.2) is 0 Å². The molecule has 2 aliphatic heterocycles. The molecule has 1 spiro atoms. The molecule has 2 heterocycles. The Morgan fingerprint density at radius 3 is 2.46 bits per heavy atom. The molecular formula is C18H30N4O2. The van der Waals surface area contributed by atoms with Crippen molar-refractivity contribution >= 4 is 5.91 Å². The number of morpholine rings is 1. The highest BCUT2D eigenvalue weighted by Crippen LogP contribution is 2.39. The summed E-state index contributed by atoms with van der Waals surface area (Å²) in [5.74, 6) is 0.560. The first-order valence-electron chi connectivity index (χ1n) is 9.30. The molecule has 0 radical (unpaired) electrons. The third-order valence-electron chi connectivity index (χ3n) is 5.98. The molecule has 134 valence electrons. The van der Waals surface area contributed by atoms with E-state index in [0.29, 0.717) is 12.5 Å². The van der Waals surface area contributed by atoms with Crippen molar-refractivity contribution in [3.8, 4) is 6.07 Å². The molecule has 24 heavy (non-hydrogen) atoms. The second kappa shape index (κ2) is 7.38. The standard InChI is InChI=1S/C18H30N4O2/c1-15(2)16(12-19)20-6-8-21(9-7-20)17(23)13-22-10-11-24-14-18(22)4-3-5-18/h15-16H,3-11,13-14H2,1-2H3/t16-/m1/s1. The summed E-state index contributed by atoms with van der Waals surface area (Å²) in [7, 11) is 0. The molecule has 6 heteroatoms. The Balaban J connectivity index is 1.51. The average molecular weight is 334 g/mol. The van der Waals surface area contributed by atoms with E-state index in [9.17, 15) is 10.1 Å². The van der Waals surface area contributed by atoms with Gasteiger partial charge in [0.25, 0.3) is 0 Å². The van der Waals surface area contributed by atoms with E-state index in [0.717, 1.165) is 58.8 Å². The highest BCUT2D eigenvalue weighted by molar-refractivity contribution is 5.78. The maximum absolute atomic E-state index is 12.7. The number of nitrogens with zero attached hydrogens (tertiary/aromatic N) is 4. The molecule has 0 bridgehead atoms. The second-order valence-corrected chi connectivity index (χ2v) is 7.79. The molecule has 1 aliphatic carbocycles. The third-order valence-corrected chi connectivity index (χ3v) is 5.98. The van der Waals surface area contributed by atoms with Gasteiger partial charge in [0.2, 0.25) is 5.91 Å². The van der Waals surface area contributed by atoms with Crippen molar-refractivity contribution in [2.75, 3.05) is 52.5 Å². The molecule has 1 atom stereocenters. The van der Waals surface area contributed by atoms with E-state index in [-0.39, 0.29) is 17.5 Å². The molecule has 6 nitrogen and oxygen atoms in total. The molecule has 1 saturated carbocycles. The van der Waals surface area contributed by atoms with Crippen LogP contribution in [0.3, 0.4) is 0 Å². The highest BCUT2D eigenvalue weighted by atomic mass is 16.5. The Kier molecular flexibility index (Phi) is 5.43. The van der Waals surface area contributed by atoms with E-state index in [4.69, 9.17) is 4.74 Å². The van der Waals surface area contributed by atoms with Gasteiger partial charge in [0.1, 0.15) is 6.04 Å². The van der Waals surface area contributed by atoms with Crippen molar-refractivity contribution in [2.45, 2.75) is 44.7 Å². The van der Waals surface area contributed by atoms with Crippen LogP contribution in [0, 0.1) is 17.2 Å². The van der Waals surface area contributed by atoms with Crippen LogP contribution in [-0.4, -0.2) is 84.7 Å². The number of carbonyl (C=O) groups is 1. The SMILES string of the molecule is CC(C)[C@@H](C#N)N1CCN(C(=O)CN2CCOCC23CCC3)CC1. The molecule has 0 unspecified atom stereocenters. The minimum absolute atomic E-state index is 0.0419. The second-order valence-electron chi connectivity index (χ2n) is 7.79. The van der Waals surface area contributed by atoms with Gasteiger partial charge in [0, 0.05) is 38.3 Å². The largest absolute Gasteiger partial charge is 0.378 e. The zero-order valence-corrected chi connectivity index (χ0v) is 15.0. The van der Waals surface area contributed by atoms with Crippen LogP contribution in [-0.2, 0) is 9.53 Å². The summed E-state index contributed by atoms with van der Waals surface area (Å²) in [6, 6.07) is 2.37. The van der Waals surface area contributed by atoms with Crippen molar-refractivity contribution < 1.29 is 9.53 Å². The molecule has 1 amide bonds. The van der Waals surface area contributed by atoms with Crippen LogP contribution in [0.5, 0.6) is 0 Å². The minimum atomic E-state index is -0.0419. The lowest BCUT2D eigenvalue weighted by Crippen LogP contribution is -2.63. The van der Waals surface area contributed by atoms with E-state index in [1.54, 1.807) is 0 Å². The summed E-state index contributed by atoms with van der Waals surface area (Å²) in [6.07, 6.45) is 3.57. The summed E-state index contributed by atoms with van der Waals surface area (Å²) in [5, 5.41) is 9.34. The number of piperazine rings is 1. The monoisotopic (exact) mass is 334 g/mol. The lowest BCUT2D eigenvalue weighted by Gasteiger charge is -2.52. The van der Waals surface area contributed by atoms with Gasteiger partial charge < -0.3 is 9.64 Å². The van der Waals surface area contributed by atoms with Crippen LogP contribution >= 0.6 is 0 Å². The van der Waals surface area contributed by atoms with Crippen LogP contribution in [0.15, 0.2) is 0 Å². The third kappa shape index (κ3) is 3.44. The number of rotatable bonds is 4. The summed E-state index contributed by atoms with van der Waals surface area (Å²) in [5.41, 5.74) is 0.138. The van der Waals surface area contributed by atoms with Gasteiger partial charge >= 0.3 is 0 Å². The van der Waals surface area contributed by atoms with Crippen LogP contribution in [0.25, 0.3) is 0 Å². The normalized spacial score (nSPS) is 26.2. The Morgan fingerprint density at radius 1 is 1.21 bits per heavy atom. The lowest BCUT2D eigenvalue weighted by molar-refractivity contribution is -0.146.